The van der Waals surface area contributed by atoms with Gasteiger partial charge in [0.15, 0.2) is 5.75 Å². The molecular weight excluding hydrogens is 346 g/mol. The summed E-state index contributed by atoms with van der Waals surface area (Å²) in [5.74, 6) is -0.529. The molecule has 0 bridgehead atoms. The number of H-pyrrole nitrogens is 1. The van der Waals surface area contributed by atoms with Crippen LogP contribution in [0.2, 0.25) is 5.02 Å². The maximum atomic E-state index is 12.4. The summed E-state index contributed by atoms with van der Waals surface area (Å²) in [4.78, 5) is 40.0. The summed E-state index contributed by atoms with van der Waals surface area (Å²) in [7, 11) is 0. The minimum absolute atomic E-state index is 0.0222. The molecule has 0 radical (unpaired) electrons. The Hall–Kier alpha value is -2.80. The average Bonchev–Trinajstić information content (AvgIpc) is 2.61. The van der Waals surface area contributed by atoms with Gasteiger partial charge in [-0.2, -0.15) is 0 Å². The minimum Gasteiger partial charge on any atom is -0.483 e. The Labute approximate surface area is 148 Å². The van der Waals surface area contributed by atoms with E-state index in [1.165, 1.54) is 17.2 Å². The lowest BCUT2D eigenvalue weighted by Crippen LogP contribution is -2.50. The minimum atomic E-state index is -0.421. The van der Waals surface area contributed by atoms with Crippen molar-refractivity contribution in [2.75, 3.05) is 19.6 Å². The van der Waals surface area contributed by atoms with Crippen molar-refractivity contribution in [1.29, 1.82) is 0 Å². The molecule has 1 aliphatic rings. The summed E-state index contributed by atoms with van der Waals surface area (Å²) < 4.78 is 5.48. The van der Waals surface area contributed by atoms with E-state index in [2.05, 4.69) is 10.3 Å². The lowest BCUT2D eigenvalue weighted by atomic mass is 10.2. The van der Waals surface area contributed by atoms with E-state index in [4.69, 9.17) is 16.3 Å². The number of halogens is 1. The van der Waals surface area contributed by atoms with Crippen molar-refractivity contribution in [3.63, 3.8) is 0 Å². The SMILES string of the molecule is O=C1CN(C(=O)c2cc(=O)c(OCc3ccccc3Cl)c[nH]2)CCN1. The lowest BCUT2D eigenvalue weighted by Gasteiger charge is -2.26. The van der Waals surface area contributed by atoms with Crippen LogP contribution in [0.1, 0.15) is 16.1 Å². The van der Waals surface area contributed by atoms with Crippen LogP contribution in [-0.2, 0) is 11.4 Å². The van der Waals surface area contributed by atoms with Crippen LogP contribution in [0.15, 0.2) is 41.3 Å². The monoisotopic (exact) mass is 361 g/mol. The summed E-state index contributed by atoms with van der Waals surface area (Å²) >= 11 is 6.05. The molecule has 1 saturated heterocycles. The fourth-order valence-corrected chi connectivity index (χ4v) is 2.64. The van der Waals surface area contributed by atoms with E-state index in [1.807, 2.05) is 6.07 Å². The maximum absolute atomic E-state index is 12.4. The first-order chi connectivity index (χ1) is 12.0. The molecule has 7 nitrogen and oxygen atoms in total. The Bertz CT molecular complexity index is 865. The Balaban J connectivity index is 1.70. The number of piperazine rings is 1. The third-order valence-electron chi connectivity index (χ3n) is 3.77. The number of hydrogen-bond donors (Lipinski definition) is 2. The number of hydrogen-bond acceptors (Lipinski definition) is 4. The Morgan fingerprint density at radius 1 is 1.28 bits per heavy atom. The Kier molecular flexibility index (Phi) is 5.04. The van der Waals surface area contributed by atoms with Crippen LogP contribution in [0.4, 0.5) is 0 Å². The molecule has 0 atom stereocenters. The third kappa shape index (κ3) is 4.00. The molecular formula is C17H16ClN3O4. The van der Waals surface area contributed by atoms with Crippen molar-refractivity contribution in [1.82, 2.24) is 15.2 Å². The highest BCUT2D eigenvalue weighted by Crippen LogP contribution is 2.16. The van der Waals surface area contributed by atoms with Gasteiger partial charge in [-0.05, 0) is 6.07 Å². The predicted molar refractivity (Wildman–Crippen MR) is 91.8 cm³/mol. The molecule has 1 aliphatic heterocycles. The van der Waals surface area contributed by atoms with Gasteiger partial charge in [0.1, 0.15) is 12.3 Å². The van der Waals surface area contributed by atoms with E-state index in [0.29, 0.717) is 18.1 Å². The van der Waals surface area contributed by atoms with Crippen LogP contribution in [0.25, 0.3) is 0 Å². The number of benzene rings is 1. The normalized spacial score (nSPS) is 14.1. The molecule has 130 valence electrons. The molecule has 1 aromatic heterocycles. The zero-order valence-electron chi connectivity index (χ0n) is 13.3. The van der Waals surface area contributed by atoms with Crippen LogP contribution < -0.4 is 15.5 Å². The van der Waals surface area contributed by atoms with Gasteiger partial charge in [0, 0.05) is 35.9 Å². The molecule has 3 rings (SSSR count). The molecule has 8 heteroatoms. The number of carbonyl (C=O) groups excluding carboxylic acids is 2. The van der Waals surface area contributed by atoms with Crippen LogP contribution in [0.5, 0.6) is 5.75 Å². The predicted octanol–water partition coefficient (Wildman–Crippen LogP) is 1.18. The summed E-state index contributed by atoms with van der Waals surface area (Å²) in [6.07, 6.45) is 1.34. The number of aromatic amines is 1. The van der Waals surface area contributed by atoms with E-state index >= 15 is 0 Å². The van der Waals surface area contributed by atoms with Crippen molar-refractivity contribution < 1.29 is 14.3 Å². The van der Waals surface area contributed by atoms with Crippen molar-refractivity contribution >= 4 is 23.4 Å². The molecule has 0 saturated carbocycles. The van der Waals surface area contributed by atoms with Crippen LogP contribution >= 0.6 is 11.6 Å². The van der Waals surface area contributed by atoms with Gasteiger partial charge >= 0.3 is 0 Å². The number of nitrogens with zero attached hydrogens (tertiary/aromatic N) is 1. The van der Waals surface area contributed by atoms with Crippen molar-refractivity contribution in [3.05, 3.63) is 63.0 Å². The quantitative estimate of drug-likeness (QED) is 0.855. The van der Waals surface area contributed by atoms with Crippen molar-refractivity contribution in [2.24, 2.45) is 0 Å². The van der Waals surface area contributed by atoms with E-state index in [0.717, 1.165) is 5.56 Å². The maximum Gasteiger partial charge on any atom is 0.270 e. The topological polar surface area (TPSA) is 91.5 Å². The van der Waals surface area contributed by atoms with Gasteiger partial charge in [-0.15, -0.1) is 0 Å². The molecule has 2 amide bonds. The average molecular weight is 362 g/mol. The molecule has 1 aromatic carbocycles. The highest BCUT2D eigenvalue weighted by Gasteiger charge is 2.23. The van der Waals surface area contributed by atoms with Crippen molar-refractivity contribution in [2.45, 2.75) is 6.61 Å². The number of pyridine rings is 1. The summed E-state index contributed by atoms with van der Waals surface area (Å²) in [6.45, 7) is 0.916. The number of rotatable bonds is 4. The third-order valence-corrected chi connectivity index (χ3v) is 4.14. The first-order valence-corrected chi connectivity index (χ1v) is 8.07. The zero-order valence-corrected chi connectivity index (χ0v) is 14.0. The highest BCUT2D eigenvalue weighted by molar-refractivity contribution is 6.31. The van der Waals surface area contributed by atoms with Gasteiger partial charge in [-0.25, -0.2) is 0 Å². The largest absolute Gasteiger partial charge is 0.483 e. The summed E-state index contributed by atoms with van der Waals surface area (Å²) in [5.41, 5.74) is 0.448. The van der Waals surface area contributed by atoms with Gasteiger partial charge in [0.05, 0.1) is 6.54 Å². The molecule has 2 N–H and O–H groups in total. The van der Waals surface area contributed by atoms with E-state index < -0.39 is 11.3 Å². The fraction of sp³-hybridized carbons (Fsp3) is 0.235. The standard InChI is InChI=1S/C17H16ClN3O4/c18-12-4-2-1-3-11(12)10-25-15-8-20-13(7-14(15)22)17(24)21-6-5-19-16(23)9-21/h1-4,7-8H,5-6,9-10H2,(H,19,23)(H,20,22). The molecule has 0 aliphatic carbocycles. The van der Waals surface area contributed by atoms with Gasteiger partial charge in [-0.3, -0.25) is 14.4 Å². The first-order valence-electron chi connectivity index (χ1n) is 7.69. The second-order valence-corrected chi connectivity index (χ2v) is 5.94. The second-order valence-electron chi connectivity index (χ2n) is 5.53. The number of carbonyl (C=O) groups is 2. The van der Waals surface area contributed by atoms with Gasteiger partial charge in [-0.1, -0.05) is 29.8 Å². The Morgan fingerprint density at radius 3 is 2.80 bits per heavy atom. The first kappa shape index (κ1) is 17.0. The Morgan fingerprint density at radius 2 is 2.08 bits per heavy atom. The number of aromatic nitrogens is 1. The van der Waals surface area contributed by atoms with Crippen molar-refractivity contribution in [3.8, 4) is 5.75 Å². The van der Waals surface area contributed by atoms with Gasteiger partial charge in [0.25, 0.3) is 5.91 Å². The molecule has 0 spiro atoms. The molecule has 25 heavy (non-hydrogen) atoms. The second kappa shape index (κ2) is 7.40. The molecule has 1 fully saturated rings. The van der Waals surface area contributed by atoms with Gasteiger partial charge in [0.2, 0.25) is 11.3 Å². The van der Waals surface area contributed by atoms with E-state index in [9.17, 15) is 14.4 Å². The number of ether oxygens (including phenoxy) is 1. The lowest BCUT2D eigenvalue weighted by molar-refractivity contribution is -0.123. The molecule has 2 aromatic rings. The van der Waals surface area contributed by atoms with E-state index in [1.54, 1.807) is 18.2 Å². The van der Waals surface area contributed by atoms with Gasteiger partial charge < -0.3 is 19.9 Å². The van der Waals surface area contributed by atoms with Crippen LogP contribution in [-0.4, -0.2) is 41.3 Å². The van der Waals surface area contributed by atoms with E-state index in [-0.39, 0.29) is 30.5 Å². The summed E-state index contributed by atoms with van der Waals surface area (Å²) in [6, 6.07) is 8.35. The smallest absolute Gasteiger partial charge is 0.270 e. The molecule has 2 heterocycles. The number of amides is 2. The number of nitrogens with one attached hydrogen (secondary N) is 2. The van der Waals surface area contributed by atoms with Crippen LogP contribution in [0.3, 0.4) is 0 Å². The highest BCUT2D eigenvalue weighted by atomic mass is 35.5. The van der Waals surface area contributed by atoms with Crippen LogP contribution in [0, 0.1) is 0 Å². The molecule has 0 unspecified atom stereocenters. The fourth-order valence-electron chi connectivity index (χ4n) is 2.45. The zero-order chi connectivity index (χ0) is 17.8. The summed E-state index contributed by atoms with van der Waals surface area (Å²) in [5, 5.41) is 3.19.